The van der Waals surface area contributed by atoms with Gasteiger partial charge in [0.25, 0.3) is 0 Å². The maximum Gasteiger partial charge on any atom is 0.246 e. The van der Waals surface area contributed by atoms with Gasteiger partial charge >= 0.3 is 0 Å². The maximum atomic E-state index is 12.7. The topological polar surface area (TPSA) is 75.5 Å². The van der Waals surface area contributed by atoms with Crippen LogP contribution in [0.15, 0.2) is 41.3 Å². The molecule has 27 heavy (non-hydrogen) atoms. The van der Waals surface area contributed by atoms with E-state index >= 15 is 0 Å². The van der Waals surface area contributed by atoms with Gasteiger partial charge in [-0.15, -0.1) is 0 Å². The lowest BCUT2D eigenvalue weighted by Crippen LogP contribution is -2.50. The molecule has 0 radical (unpaired) electrons. The zero-order valence-corrected chi connectivity index (χ0v) is 16.6. The Morgan fingerprint density at radius 2 is 1.70 bits per heavy atom. The minimum Gasteiger partial charge on any atom is -0.337 e. The normalized spacial score (nSPS) is 16.2. The van der Waals surface area contributed by atoms with E-state index in [0.29, 0.717) is 26.2 Å². The number of aromatic nitrogens is 2. The average Bonchev–Trinajstić information content (AvgIpc) is 2.92. The second kappa shape index (κ2) is 7.66. The lowest BCUT2D eigenvalue weighted by atomic mass is 10.2. The smallest absolute Gasteiger partial charge is 0.246 e. The van der Waals surface area contributed by atoms with Gasteiger partial charge in [0.05, 0.1) is 10.6 Å². The van der Waals surface area contributed by atoms with Crippen molar-refractivity contribution in [3.05, 3.63) is 53.4 Å². The second-order valence-corrected chi connectivity index (χ2v) is 8.52. The van der Waals surface area contributed by atoms with Gasteiger partial charge in [0, 0.05) is 50.6 Å². The molecule has 1 aliphatic rings. The Labute approximate surface area is 159 Å². The molecule has 0 aliphatic carbocycles. The number of hydrogen-bond acceptors (Lipinski definition) is 4. The third-order valence-electron chi connectivity index (χ3n) is 4.89. The van der Waals surface area contributed by atoms with Gasteiger partial charge in [0.15, 0.2) is 0 Å². The van der Waals surface area contributed by atoms with Crippen LogP contribution in [-0.2, 0) is 21.9 Å². The summed E-state index contributed by atoms with van der Waals surface area (Å²) in [5, 5.41) is 4.33. The molecule has 1 aromatic heterocycles. The summed E-state index contributed by atoms with van der Waals surface area (Å²) >= 11 is 0. The van der Waals surface area contributed by atoms with Crippen molar-refractivity contribution in [3.63, 3.8) is 0 Å². The average molecular weight is 388 g/mol. The molecule has 1 aliphatic heterocycles. The molecule has 0 atom stereocenters. The highest BCUT2D eigenvalue weighted by Crippen LogP contribution is 2.18. The number of carbonyl (C=O) groups excluding carboxylic acids is 1. The highest BCUT2D eigenvalue weighted by Gasteiger charge is 2.29. The first-order valence-corrected chi connectivity index (χ1v) is 10.3. The van der Waals surface area contributed by atoms with Gasteiger partial charge in [-0.05, 0) is 32.1 Å². The number of nitrogens with zero attached hydrogens (tertiary/aromatic N) is 4. The lowest BCUT2D eigenvalue weighted by Gasteiger charge is -2.33. The van der Waals surface area contributed by atoms with Crippen molar-refractivity contribution >= 4 is 22.0 Å². The van der Waals surface area contributed by atoms with Gasteiger partial charge in [-0.25, -0.2) is 8.42 Å². The fourth-order valence-electron chi connectivity index (χ4n) is 3.18. The molecule has 1 amide bonds. The van der Waals surface area contributed by atoms with E-state index in [1.807, 2.05) is 20.9 Å². The summed E-state index contributed by atoms with van der Waals surface area (Å²) < 4.78 is 28.5. The van der Waals surface area contributed by atoms with Crippen LogP contribution in [0.1, 0.15) is 17.0 Å². The van der Waals surface area contributed by atoms with E-state index in [1.165, 1.54) is 4.31 Å². The second-order valence-electron chi connectivity index (χ2n) is 6.58. The van der Waals surface area contributed by atoms with Crippen molar-refractivity contribution in [3.8, 4) is 0 Å². The number of benzene rings is 1. The number of hydrogen-bond donors (Lipinski definition) is 0. The molecule has 1 fully saturated rings. The summed E-state index contributed by atoms with van der Waals surface area (Å²) in [6.07, 6.45) is 3.32. The Balaban J connectivity index is 1.64. The molecule has 0 spiro atoms. The van der Waals surface area contributed by atoms with E-state index in [0.717, 1.165) is 17.0 Å². The SMILES string of the molecule is Cc1nn(C)c(C)c1C=CC(=O)N1CCN(S(=O)(=O)c2ccccc2)CC1. The van der Waals surface area contributed by atoms with E-state index in [-0.39, 0.29) is 10.8 Å². The summed E-state index contributed by atoms with van der Waals surface area (Å²) in [6, 6.07) is 8.38. The maximum absolute atomic E-state index is 12.7. The van der Waals surface area contributed by atoms with E-state index in [4.69, 9.17) is 0 Å². The quantitative estimate of drug-likeness (QED) is 0.746. The highest BCUT2D eigenvalue weighted by molar-refractivity contribution is 7.89. The van der Waals surface area contributed by atoms with Crippen molar-refractivity contribution in [1.82, 2.24) is 19.0 Å². The van der Waals surface area contributed by atoms with Crippen molar-refractivity contribution in [1.29, 1.82) is 0 Å². The van der Waals surface area contributed by atoms with Crippen LogP contribution in [0, 0.1) is 13.8 Å². The third kappa shape index (κ3) is 3.96. The first kappa shape index (κ1) is 19.3. The first-order valence-electron chi connectivity index (χ1n) is 8.83. The van der Waals surface area contributed by atoms with Crippen LogP contribution in [-0.4, -0.2) is 59.5 Å². The van der Waals surface area contributed by atoms with Crippen LogP contribution < -0.4 is 0 Å². The van der Waals surface area contributed by atoms with Gasteiger partial charge < -0.3 is 4.90 Å². The van der Waals surface area contributed by atoms with Crippen LogP contribution in [0.3, 0.4) is 0 Å². The fraction of sp³-hybridized carbons (Fsp3) is 0.368. The molecule has 0 N–H and O–H groups in total. The summed E-state index contributed by atoms with van der Waals surface area (Å²) in [6.45, 7) is 5.20. The molecule has 0 unspecified atom stereocenters. The predicted molar refractivity (Wildman–Crippen MR) is 103 cm³/mol. The van der Waals surface area contributed by atoms with Gasteiger partial charge in [0.1, 0.15) is 0 Å². The van der Waals surface area contributed by atoms with Crippen molar-refractivity contribution in [2.75, 3.05) is 26.2 Å². The molecule has 1 aromatic carbocycles. The molecule has 2 aromatic rings. The molecule has 1 saturated heterocycles. The molecule has 144 valence electrons. The monoisotopic (exact) mass is 388 g/mol. The number of piperazine rings is 1. The Bertz CT molecular complexity index is 956. The van der Waals surface area contributed by atoms with Gasteiger partial charge in [-0.1, -0.05) is 18.2 Å². The van der Waals surface area contributed by atoms with E-state index < -0.39 is 10.0 Å². The number of sulfonamides is 1. The largest absolute Gasteiger partial charge is 0.337 e. The Morgan fingerprint density at radius 3 is 2.26 bits per heavy atom. The van der Waals surface area contributed by atoms with Gasteiger partial charge in [0.2, 0.25) is 15.9 Å². The molecule has 0 bridgehead atoms. The minimum absolute atomic E-state index is 0.116. The number of amides is 1. The summed E-state index contributed by atoms with van der Waals surface area (Å²) in [5.74, 6) is -0.116. The molecular formula is C19H24N4O3S. The van der Waals surface area contributed by atoms with Crippen LogP contribution in [0.25, 0.3) is 6.08 Å². The first-order chi connectivity index (χ1) is 12.8. The lowest BCUT2D eigenvalue weighted by molar-refractivity contribution is -0.127. The van der Waals surface area contributed by atoms with Crippen LogP contribution in [0.2, 0.25) is 0 Å². The molecule has 7 nitrogen and oxygen atoms in total. The van der Waals surface area contributed by atoms with Crippen LogP contribution in [0.5, 0.6) is 0 Å². The van der Waals surface area contributed by atoms with Crippen LogP contribution in [0.4, 0.5) is 0 Å². The zero-order chi connectivity index (χ0) is 19.6. The summed E-state index contributed by atoms with van der Waals surface area (Å²) in [4.78, 5) is 14.4. The molecule has 8 heteroatoms. The fourth-order valence-corrected chi connectivity index (χ4v) is 4.62. The zero-order valence-electron chi connectivity index (χ0n) is 15.8. The molecule has 3 rings (SSSR count). The predicted octanol–water partition coefficient (Wildman–Crippen LogP) is 1.58. The minimum atomic E-state index is -3.51. The third-order valence-corrected chi connectivity index (χ3v) is 6.80. The highest BCUT2D eigenvalue weighted by atomic mass is 32.2. The Kier molecular flexibility index (Phi) is 5.48. The number of carbonyl (C=O) groups is 1. The number of rotatable bonds is 4. The van der Waals surface area contributed by atoms with E-state index in [1.54, 1.807) is 52.1 Å². The summed E-state index contributed by atoms with van der Waals surface area (Å²) in [5.41, 5.74) is 2.81. The Morgan fingerprint density at radius 1 is 1.07 bits per heavy atom. The Hall–Kier alpha value is -2.45. The number of aryl methyl sites for hydroxylation is 2. The van der Waals surface area contributed by atoms with Gasteiger partial charge in [-0.3, -0.25) is 9.48 Å². The van der Waals surface area contributed by atoms with Crippen molar-refractivity contribution < 1.29 is 13.2 Å². The summed E-state index contributed by atoms with van der Waals surface area (Å²) in [7, 11) is -1.64. The van der Waals surface area contributed by atoms with Gasteiger partial charge in [-0.2, -0.15) is 9.40 Å². The molecule has 0 saturated carbocycles. The van der Waals surface area contributed by atoms with E-state index in [9.17, 15) is 13.2 Å². The standard InChI is InChI=1S/C19H24N4O3S/c1-15-18(16(2)21(3)20-15)9-10-19(24)22-11-13-23(14-12-22)27(25,26)17-7-5-4-6-8-17/h4-10H,11-14H2,1-3H3. The van der Waals surface area contributed by atoms with Crippen molar-refractivity contribution in [2.24, 2.45) is 7.05 Å². The molecule has 2 heterocycles. The van der Waals surface area contributed by atoms with E-state index in [2.05, 4.69) is 5.10 Å². The molecular weight excluding hydrogens is 364 g/mol. The van der Waals surface area contributed by atoms with Crippen molar-refractivity contribution in [2.45, 2.75) is 18.7 Å². The van der Waals surface area contributed by atoms with Crippen LogP contribution >= 0.6 is 0 Å².